The molecule has 2 aliphatic heterocycles. The fraction of sp³-hybridized carbons (Fsp3) is 0.720. The summed E-state index contributed by atoms with van der Waals surface area (Å²) in [6.07, 6.45) is 0.328. The molecule has 3 fully saturated rings. The molecule has 10 nitrogen and oxygen atoms in total. The molecule has 1 aliphatic carbocycles. The van der Waals surface area contributed by atoms with Crippen molar-refractivity contribution >= 4 is 33.1 Å². The number of hydrogen-bond acceptors (Lipinski definition) is 7. The largest absolute Gasteiger partial charge is 0.444 e. The zero-order valence-corrected chi connectivity index (χ0v) is 23.0. The van der Waals surface area contributed by atoms with Crippen LogP contribution in [0.4, 0.5) is 19.5 Å². The summed E-state index contributed by atoms with van der Waals surface area (Å²) in [6.45, 7) is 7.51. The van der Waals surface area contributed by atoms with Crippen LogP contribution in [-0.4, -0.2) is 93.7 Å². The number of sulfonamides is 1. The summed E-state index contributed by atoms with van der Waals surface area (Å²) in [4.78, 5) is 22.8. The van der Waals surface area contributed by atoms with Gasteiger partial charge in [-0.05, 0) is 59.4 Å². The van der Waals surface area contributed by atoms with Crippen LogP contribution in [0, 0.1) is 6.92 Å². The van der Waals surface area contributed by atoms with Gasteiger partial charge in [0, 0.05) is 36.9 Å². The van der Waals surface area contributed by atoms with Gasteiger partial charge in [0.05, 0.1) is 23.9 Å². The first-order valence-corrected chi connectivity index (χ1v) is 14.7. The molecule has 1 saturated carbocycles. The Morgan fingerprint density at radius 3 is 2.47 bits per heavy atom. The van der Waals surface area contributed by atoms with Gasteiger partial charge in [-0.3, -0.25) is 0 Å². The molecule has 0 radical (unpaired) electrons. The number of piperidine rings is 2. The van der Waals surface area contributed by atoms with E-state index in [0.29, 0.717) is 37.9 Å². The van der Waals surface area contributed by atoms with E-state index >= 15 is 8.78 Å². The molecule has 5 rings (SSSR count). The van der Waals surface area contributed by atoms with E-state index in [1.807, 2.05) is 17.6 Å². The number of halogens is 2. The first kappa shape index (κ1) is 27.0. The minimum Gasteiger partial charge on any atom is -0.444 e. The fourth-order valence-electron chi connectivity index (χ4n) is 5.32. The minimum absolute atomic E-state index is 0.0826. The van der Waals surface area contributed by atoms with Crippen molar-refractivity contribution in [1.29, 1.82) is 0 Å². The quantitative estimate of drug-likeness (QED) is 0.602. The van der Waals surface area contributed by atoms with Crippen molar-refractivity contribution in [1.82, 2.24) is 23.7 Å². The summed E-state index contributed by atoms with van der Waals surface area (Å²) in [6, 6.07) is 0.720. The van der Waals surface area contributed by atoms with Crippen LogP contribution >= 0.6 is 0 Å². The van der Waals surface area contributed by atoms with Crippen LogP contribution < -0.4 is 5.32 Å². The number of nitrogens with zero attached hydrogens (tertiary/aromatic N) is 5. The fourth-order valence-corrected chi connectivity index (χ4v) is 7.18. The van der Waals surface area contributed by atoms with E-state index in [1.165, 1.54) is 9.21 Å². The van der Waals surface area contributed by atoms with Crippen molar-refractivity contribution in [3.05, 3.63) is 18.0 Å². The maximum Gasteiger partial charge on any atom is 0.410 e. The molecule has 2 saturated heterocycles. The number of likely N-dealkylation sites (tertiary alicyclic amines) is 1. The summed E-state index contributed by atoms with van der Waals surface area (Å²) >= 11 is 0. The van der Waals surface area contributed by atoms with E-state index in [2.05, 4.69) is 15.3 Å². The van der Waals surface area contributed by atoms with Crippen LogP contribution in [0.1, 0.15) is 58.2 Å². The first-order valence-electron chi connectivity index (χ1n) is 13.2. The summed E-state index contributed by atoms with van der Waals surface area (Å²) in [5.74, 6) is 0.213. The van der Waals surface area contributed by atoms with Crippen LogP contribution in [0.3, 0.4) is 0 Å². The Hall–Kier alpha value is -2.54. The van der Waals surface area contributed by atoms with E-state index in [-0.39, 0.29) is 30.8 Å². The van der Waals surface area contributed by atoms with E-state index in [1.54, 1.807) is 27.0 Å². The highest BCUT2D eigenvalue weighted by Crippen LogP contribution is 2.34. The van der Waals surface area contributed by atoms with Crippen molar-refractivity contribution in [3.8, 4) is 0 Å². The lowest BCUT2D eigenvalue weighted by Crippen LogP contribution is -2.50. The Kier molecular flexibility index (Phi) is 7.04. The molecular weight excluding hydrogens is 518 g/mol. The molecular formula is C25H36F2N6O4S. The van der Waals surface area contributed by atoms with Crippen LogP contribution in [0.2, 0.25) is 0 Å². The van der Waals surface area contributed by atoms with Gasteiger partial charge in [0.1, 0.15) is 23.6 Å². The SMILES string of the molecule is Cc1cc2cnc(N[C@@H]3CCN(S(=O)(=O)C4CC4)C[C@H]3F)nc2n1[C@@H]1CCN(C(=O)OC(C)(C)C)C[C@@H]1F. The van der Waals surface area contributed by atoms with Gasteiger partial charge in [-0.15, -0.1) is 0 Å². The van der Waals surface area contributed by atoms with Gasteiger partial charge in [0.25, 0.3) is 0 Å². The second-order valence-corrected chi connectivity index (χ2v) is 13.8. The van der Waals surface area contributed by atoms with E-state index in [4.69, 9.17) is 4.74 Å². The Labute approximate surface area is 221 Å². The Bertz CT molecular complexity index is 1310. The van der Waals surface area contributed by atoms with E-state index < -0.39 is 46.1 Å². The highest BCUT2D eigenvalue weighted by Gasteiger charge is 2.44. The zero-order valence-electron chi connectivity index (χ0n) is 22.2. The van der Waals surface area contributed by atoms with Gasteiger partial charge in [-0.1, -0.05) is 0 Å². The lowest BCUT2D eigenvalue weighted by Gasteiger charge is -2.36. The molecule has 1 amide bonds. The number of aryl methyl sites for hydroxylation is 1. The third-order valence-corrected chi connectivity index (χ3v) is 9.75. The lowest BCUT2D eigenvalue weighted by molar-refractivity contribution is 0.00693. The Morgan fingerprint density at radius 1 is 1.11 bits per heavy atom. The highest BCUT2D eigenvalue weighted by atomic mass is 32.2. The molecule has 3 aliphatic rings. The summed E-state index contributed by atoms with van der Waals surface area (Å²) in [7, 11) is -3.42. The van der Waals surface area contributed by atoms with Gasteiger partial charge in [0.2, 0.25) is 16.0 Å². The number of carbonyl (C=O) groups is 1. The summed E-state index contributed by atoms with van der Waals surface area (Å²) < 4.78 is 63.9. The molecule has 1 N–H and O–H groups in total. The Morgan fingerprint density at radius 2 is 1.84 bits per heavy atom. The number of ether oxygens (including phenoxy) is 1. The number of alkyl halides is 2. The van der Waals surface area contributed by atoms with Crippen LogP contribution in [0.25, 0.3) is 11.0 Å². The third-order valence-electron chi connectivity index (χ3n) is 7.38. The predicted molar refractivity (Wildman–Crippen MR) is 139 cm³/mol. The zero-order chi connectivity index (χ0) is 27.4. The maximum absolute atomic E-state index is 15.4. The normalized spacial score (nSPS) is 27.5. The summed E-state index contributed by atoms with van der Waals surface area (Å²) in [5, 5.41) is 3.41. The molecule has 2 aromatic heterocycles. The third kappa shape index (κ3) is 5.45. The highest BCUT2D eigenvalue weighted by molar-refractivity contribution is 7.90. The lowest BCUT2D eigenvalue weighted by atomic mass is 10.0. The number of rotatable bonds is 5. The molecule has 210 valence electrons. The topological polar surface area (TPSA) is 110 Å². The van der Waals surface area contributed by atoms with E-state index in [9.17, 15) is 13.2 Å². The van der Waals surface area contributed by atoms with Gasteiger partial charge >= 0.3 is 6.09 Å². The van der Waals surface area contributed by atoms with Crippen molar-refractivity contribution in [2.45, 2.75) is 88.7 Å². The average molecular weight is 555 g/mol. The second-order valence-electron chi connectivity index (χ2n) is 11.6. The van der Waals surface area contributed by atoms with Crippen LogP contribution in [0.5, 0.6) is 0 Å². The van der Waals surface area contributed by atoms with E-state index in [0.717, 1.165) is 11.1 Å². The molecule has 0 unspecified atom stereocenters. The number of amides is 1. The molecule has 2 aromatic rings. The van der Waals surface area contributed by atoms with Gasteiger partial charge in [-0.2, -0.15) is 9.29 Å². The Balaban J connectivity index is 1.29. The molecule has 0 bridgehead atoms. The predicted octanol–water partition coefficient (Wildman–Crippen LogP) is 3.58. The first-order chi connectivity index (χ1) is 17.8. The van der Waals surface area contributed by atoms with Crippen molar-refractivity contribution in [2.75, 3.05) is 31.5 Å². The second kappa shape index (κ2) is 9.89. The minimum atomic E-state index is -3.42. The van der Waals surface area contributed by atoms with Gasteiger partial charge in [0.15, 0.2) is 0 Å². The molecule has 38 heavy (non-hydrogen) atoms. The average Bonchev–Trinajstić information content (AvgIpc) is 3.64. The van der Waals surface area contributed by atoms with Gasteiger partial charge < -0.3 is 19.5 Å². The molecule has 4 heterocycles. The van der Waals surface area contributed by atoms with Crippen LogP contribution in [-0.2, 0) is 14.8 Å². The monoisotopic (exact) mass is 554 g/mol. The van der Waals surface area contributed by atoms with Crippen molar-refractivity contribution < 1.29 is 26.7 Å². The molecule has 0 aromatic carbocycles. The van der Waals surface area contributed by atoms with Gasteiger partial charge in [-0.25, -0.2) is 27.0 Å². The van der Waals surface area contributed by atoms with Crippen molar-refractivity contribution in [3.63, 3.8) is 0 Å². The van der Waals surface area contributed by atoms with Crippen molar-refractivity contribution in [2.24, 2.45) is 0 Å². The molecule has 0 spiro atoms. The molecule has 13 heteroatoms. The maximum atomic E-state index is 15.4. The number of anilines is 1. The number of nitrogens with one attached hydrogen (secondary N) is 1. The molecule has 4 atom stereocenters. The summed E-state index contributed by atoms with van der Waals surface area (Å²) in [5.41, 5.74) is 0.683. The number of fused-ring (bicyclic) bond motifs is 1. The van der Waals surface area contributed by atoms with Crippen LogP contribution in [0.15, 0.2) is 12.3 Å². The number of carbonyl (C=O) groups excluding carboxylic acids is 1. The standard InChI is InChI=1S/C25H36F2N6O4S/c1-15-11-16-12-28-23(29-20-7-10-32(14-18(20)26)38(35,36)17-5-6-17)30-22(16)33(15)21-8-9-31(13-19(21)27)24(34)37-25(2,3)4/h11-12,17-21H,5-10,13-14H2,1-4H3,(H,28,29,30)/t18-,19+,20-,21-/m1/s1. The number of hydrogen-bond donors (Lipinski definition) is 1. The number of aromatic nitrogens is 3. The smallest absolute Gasteiger partial charge is 0.410 e.